The average molecular weight is 360 g/mol. The van der Waals surface area contributed by atoms with Crippen molar-refractivity contribution < 1.29 is 8.83 Å². The average Bonchev–Trinajstić information content (AvgIpc) is 3.19. The van der Waals surface area contributed by atoms with E-state index in [0.29, 0.717) is 11.6 Å². The van der Waals surface area contributed by atoms with Gasteiger partial charge < -0.3 is 8.83 Å². The van der Waals surface area contributed by atoms with Gasteiger partial charge in [-0.1, -0.05) is 0 Å². The van der Waals surface area contributed by atoms with E-state index in [1.807, 2.05) is 30.5 Å². The lowest BCUT2D eigenvalue weighted by Crippen LogP contribution is -2.30. The first-order valence-electron chi connectivity index (χ1n) is 7.13. The molecule has 4 rings (SSSR count). The third-order valence-electron chi connectivity index (χ3n) is 3.76. The van der Waals surface area contributed by atoms with Gasteiger partial charge in [0.1, 0.15) is 5.76 Å². The van der Waals surface area contributed by atoms with Gasteiger partial charge in [0.2, 0.25) is 0 Å². The number of aromatic nitrogens is 2. The molecule has 1 aliphatic rings. The summed E-state index contributed by atoms with van der Waals surface area (Å²) in [5.41, 5.74) is 2.28. The number of fused-ring (bicyclic) bond motifs is 1. The minimum Gasteiger partial charge on any atom is -0.461 e. The van der Waals surface area contributed by atoms with Gasteiger partial charge in [0.25, 0.3) is 0 Å². The molecule has 3 aromatic heterocycles. The Morgan fingerprint density at radius 3 is 3.00 bits per heavy atom. The van der Waals surface area contributed by atoms with Crippen LogP contribution in [0.15, 0.2) is 50.2 Å². The summed E-state index contributed by atoms with van der Waals surface area (Å²) in [7, 11) is 0. The molecular formula is C16H14BrN3O2. The van der Waals surface area contributed by atoms with Crippen LogP contribution in [0, 0.1) is 0 Å². The quantitative estimate of drug-likeness (QED) is 0.714. The van der Waals surface area contributed by atoms with Crippen molar-refractivity contribution in [2.45, 2.75) is 19.5 Å². The third-order valence-corrected chi connectivity index (χ3v) is 4.19. The molecule has 112 valence electrons. The Morgan fingerprint density at radius 1 is 1.27 bits per heavy atom. The first-order valence-corrected chi connectivity index (χ1v) is 7.92. The van der Waals surface area contributed by atoms with Gasteiger partial charge in [0.15, 0.2) is 16.3 Å². The number of furan rings is 2. The molecule has 1 aliphatic heterocycles. The largest absolute Gasteiger partial charge is 0.461 e. The van der Waals surface area contributed by atoms with E-state index in [9.17, 15) is 0 Å². The highest BCUT2D eigenvalue weighted by molar-refractivity contribution is 9.10. The maximum absolute atomic E-state index is 5.57. The van der Waals surface area contributed by atoms with Crippen LogP contribution in [0.25, 0.3) is 11.6 Å². The number of rotatable bonds is 3. The van der Waals surface area contributed by atoms with E-state index in [1.165, 1.54) is 5.56 Å². The fraction of sp³-hybridized carbons (Fsp3) is 0.250. The summed E-state index contributed by atoms with van der Waals surface area (Å²) in [6.45, 7) is 2.59. The summed E-state index contributed by atoms with van der Waals surface area (Å²) in [6.07, 6.45) is 4.46. The van der Waals surface area contributed by atoms with Crippen LogP contribution in [-0.4, -0.2) is 21.4 Å². The lowest BCUT2D eigenvalue weighted by atomic mass is 10.1. The molecule has 0 bridgehead atoms. The van der Waals surface area contributed by atoms with E-state index in [-0.39, 0.29) is 0 Å². The monoisotopic (exact) mass is 359 g/mol. The molecule has 0 saturated carbocycles. The summed E-state index contributed by atoms with van der Waals surface area (Å²) < 4.78 is 11.7. The Kier molecular flexibility index (Phi) is 3.56. The molecule has 0 aromatic carbocycles. The number of halogens is 1. The maximum atomic E-state index is 5.57. The highest BCUT2D eigenvalue weighted by atomic mass is 79.9. The summed E-state index contributed by atoms with van der Waals surface area (Å²) in [4.78, 5) is 11.4. The van der Waals surface area contributed by atoms with Crippen molar-refractivity contribution in [3.63, 3.8) is 0 Å². The molecule has 0 atom stereocenters. The third kappa shape index (κ3) is 2.71. The van der Waals surface area contributed by atoms with Gasteiger partial charge in [-0.2, -0.15) is 0 Å². The van der Waals surface area contributed by atoms with Crippen LogP contribution in [0.5, 0.6) is 0 Å². The summed E-state index contributed by atoms with van der Waals surface area (Å²) in [5.74, 6) is 2.33. The van der Waals surface area contributed by atoms with Crippen LogP contribution in [0.1, 0.15) is 17.0 Å². The second-order valence-electron chi connectivity index (χ2n) is 5.31. The minimum atomic E-state index is 0.659. The molecule has 4 heterocycles. The normalized spacial score (nSPS) is 15.0. The van der Waals surface area contributed by atoms with Crippen LogP contribution in [0.3, 0.4) is 0 Å². The highest BCUT2D eigenvalue weighted by Gasteiger charge is 2.20. The van der Waals surface area contributed by atoms with Crippen LogP contribution < -0.4 is 0 Å². The van der Waals surface area contributed by atoms with Crippen LogP contribution >= 0.6 is 15.9 Å². The van der Waals surface area contributed by atoms with E-state index in [1.54, 1.807) is 6.26 Å². The van der Waals surface area contributed by atoms with Crippen molar-refractivity contribution in [1.82, 2.24) is 14.9 Å². The Balaban J connectivity index is 1.52. The van der Waals surface area contributed by atoms with Crippen LogP contribution in [0.4, 0.5) is 0 Å². The molecule has 5 nitrogen and oxygen atoms in total. The predicted octanol–water partition coefficient (Wildman–Crippen LogP) is 3.65. The lowest BCUT2D eigenvalue weighted by Gasteiger charge is -2.27. The second kappa shape index (κ2) is 5.70. The van der Waals surface area contributed by atoms with E-state index >= 15 is 0 Å². The Hall–Kier alpha value is -1.92. The summed E-state index contributed by atoms with van der Waals surface area (Å²) in [6, 6.07) is 7.65. The zero-order valence-electron chi connectivity index (χ0n) is 11.8. The molecule has 0 unspecified atom stereocenters. The Bertz CT molecular complexity index is 783. The van der Waals surface area contributed by atoms with Gasteiger partial charge in [-0.3, -0.25) is 4.90 Å². The highest BCUT2D eigenvalue weighted by Crippen LogP contribution is 2.23. The Labute approximate surface area is 136 Å². The molecule has 6 heteroatoms. The number of hydrogen-bond acceptors (Lipinski definition) is 5. The first-order chi connectivity index (χ1) is 10.8. The molecule has 0 saturated heterocycles. The molecule has 3 aromatic rings. The molecule has 0 spiro atoms. The lowest BCUT2D eigenvalue weighted by molar-refractivity contribution is 0.222. The van der Waals surface area contributed by atoms with Gasteiger partial charge in [-0.25, -0.2) is 9.97 Å². The summed E-state index contributed by atoms with van der Waals surface area (Å²) >= 11 is 3.34. The zero-order chi connectivity index (χ0) is 14.9. The fourth-order valence-corrected chi connectivity index (χ4v) is 3.03. The molecule has 0 fully saturated rings. The predicted molar refractivity (Wildman–Crippen MR) is 84.0 cm³/mol. The smallest absolute Gasteiger partial charge is 0.195 e. The topological polar surface area (TPSA) is 55.3 Å². The fourth-order valence-electron chi connectivity index (χ4n) is 2.69. The van der Waals surface area contributed by atoms with Gasteiger partial charge in [-0.15, -0.1) is 0 Å². The molecule has 0 aliphatic carbocycles. The van der Waals surface area contributed by atoms with Gasteiger partial charge in [0.05, 0.1) is 18.5 Å². The van der Waals surface area contributed by atoms with Crippen molar-refractivity contribution in [1.29, 1.82) is 0 Å². The molecule has 0 amide bonds. The molecular weight excluding hydrogens is 346 g/mol. The van der Waals surface area contributed by atoms with Crippen molar-refractivity contribution in [3.8, 4) is 11.6 Å². The van der Waals surface area contributed by atoms with E-state index < -0.39 is 0 Å². The second-order valence-corrected chi connectivity index (χ2v) is 6.09. The van der Waals surface area contributed by atoms with Gasteiger partial charge in [-0.05, 0) is 40.2 Å². The van der Waals surface area contributed by atoms with Crippen molar-refractivity contribution in [2.24, 2.45) is 0 Å². The van der Waals surface area contributed by atoms with Crippen molar-refractivity contribution in [3.05, 3.63) is 58.4 Å². The zero-order valence-corrected chi connectivity index (χ0v) is 13.4. The van der Waals surface area contributed by atoms with Crippen molar-refractivity contribution in [2.75, 3.05) is 6.54 Å². The Morgan fingerprint density at radius 2 is 2.23 bits per heavy atom. The standard InChI is InChI=1S/C16H14BrN3O2/c17-15-4-3-12(22-15)10-20-6-5-13-11(9-20)8-18-16(19-13)14-2-1-7-21-14/h1-4,7-8H,5-6,9-10H2. The van der Waals surface area contributed by atoms with E-state index in [2.05, 4.69) is 30.8 Å². The van der Waals surface area contributed by atoms with E-state index in [4.69, 9.17) is 8.83 Å². The van der Waals surface area contributed by atoms with E-state index in [0.717, 1.165) is 42.2 Å². The number of nitrogens with zero attached hydrogens (tertiary/aromatic N) is 3. The molecule has 0 N–H and O–H groups in total. The number of hydrogen-bond donors (Lipinski definition) is 0. The van der Waals surface area contributed by atoms with Gasteiger partial charge in [0, 0.05) is 31.3 Å². The van der Waals surface area contributed by atoms with Crippen LogP contribution in [0.2, 0.25) is 0 Å². The SMILES string of the molecule is Brc1ccc(CN2CCc3nc(-c4ccco4)ncc3C2)o1. The minimum absolute atomic E-state index is 0.659. The van der Waals surface area contributed by atoms with Crippen molar-refractivity contribution >= 4 is 15.9 Å². The first kappa shape index (κ1) is 13.7. The maximum Gasteiger partial charge on any atom is 0.195 e. The molecule has 0 radical (unpaired) electrons. The van der Waals surface area contributed by atoms with Gasteiger partial charge >= 0.3 is 0 Å². The molecule has 22 heavy (non-hydrogen) atoms. The van der Waals surface area contributed by atoms with Crippen LogP contribution in [-0.2, 0) is 19.5 Å². The summed E-state index contributed by atoms with van der Waals surface area (Å²) in [5, 5.41) is 0.